The molecule has 2 aromatic heterocycles. The SMILES string of the molecule is FC(F)(F)c1ccnc(NCCCNc2ncccn2)n1. The lowest BCUT2D eigenvalue weighted by Gasteiger charge is -2.08. The summed E-state index contributed by atoms with van der Waals surface area (Å²) in [7, 11) is 0. The van der Waals surface area contributed by atoms with Gasteiger partial charge in [-0.25, -0.2) is 19.9 Å². The van der Waals surface area contributed by atoms with E-state index in [9.17, 15) is 13.2 Å². The second kappa shape index (κ2) is 6.82. The number of aromatic nitrogens is 4. The van der Waals surface area contributed by atoms with Crippen LogP contribution in [-0.2, 0) is 6.18 Å². The summed E-state index contributed by atoms with van der Waals surface area (Å²) in [6.45, 7) is 1.01. The third-order valence-electron chi connectivity index (χ3n) is 2.43. The van der Waals surface area contributed by atoms with Crippen LogP contribution in [0.1, 0.15) is 12.1 Å². The first-order valence-electron chi connectivity index (χ1n) is 6.21. The van der Waals surface area contributed by atoms with Crippen molar-refractivity contribution < 1.29 is 13.2 Å². The summed E-state index contributed by atoms with van der Waals surface area (Å²) in [6, 6.07) is 2.54. The van der Waals surface area contributed by atoms with Gasteiger partial charge in [0.15, 0.2) is 0 Å². The summed E-state index contributed by atoms with van der Waals surface area (Å²) < 4.78 is 37.4. The first kappa shape index (κ1) is 14.9. The number of hydrogen-bond donors (Lipinski definition) is 2. The molecule has 0 amide bonds. The average molecular weight is 298 g/mol. The second-order valence-corrected chi connectivity index (χ2v) is 4.04. The van der Waals surface area contributed by atoms with Crippen molar-refractivity contribution in [2.45, 2.75) is 12.6 Å². The molecule has 0 fully saturated rings. The van der Waals surface area contributed by atoms with E-state index in [1.165, 1.54) is 0 Å². The Hall–Kier alpha value is -2.45. The van der Waals surface area contributed by atoms with Crippen LogP contribution in [0.4, 0.5) is 25.1 Å². The highest BCUT2D eigenvalue weighted by Gasteiger charge is 2.32. The lowest BCUT2D eigenvalue weighted by Crippen LogP contribution is -2.14. The van der Waals surface area contributed by atoms with Gasteiger partial charge in [0.1, 0.15) is 5.69 Å². The van der Waals surface area contributed by atoms with Gasteiger partial charge >= 0.3 is 6.18 Å². The van der Waals surface area contributed by atoms with E-state index in [2.05, 4.69) is 30.6 Å². The van der Waals surface area contributed by atoms with Gasteiger partial charge in [-0.05, 0) is 18.6 Å². The van der Waals surface area contributed by atoms with E-state index >= 15 is 0 Å². The van der Waals surface area contributed by atoms with Gasteiger partial charge in [-0.2, -0.15) is 13.2 Å². The minimum absolute atomic E-state index is 0.0409. The summed E-state index contributed by atoms with van der Waals surface area (Å²) in [5.74, 6) is 0.466. The van der Waals surface area contributed by atoms with Crippen LogP contribution < -0.4 is 10.6 Å². The molecule has 0 aliphatic rings. The Morgan fingerprint density at radius 3 is 2.19 bits per heavy atom. The first-order valence-corrected chi connectivity index (χ1v) is 6.21. The van der Waals surface area contributed by atoms with Crippen LogP contribution >= 0.6 is 0 Å². The molecule has 9 heteroatoms. The summed E-state index contributed by atoms with van der Waals surface area (Å²) in [5.41, 5.74) is -0.962. The molecule has 0 unspecified atom stereocenters. The fourth-order valence-corrected chi connectivity index (χ4v) is 1.48. The molecular weight excluding hydrogens is 285 g/mol. The number of nitrogens with zero attached hydrogens (tertiary/aromatic N) is 4. The predicted octanol–water partition coefficient (Wildman–Crippen LogP) is 2.20. The normalized spacial score (nSPS) is 11.2. The summed E-state index contributed by atoms with van der Waals surface area (Å²) in [4.78, 5) is 15.1. The Labute approximate surface area is 118 Å². The predicted molar refractivity (Wildman–Crippen MR) is 70.7 cm³/mol. The zero-order chi connectivity index (χ0) is 15.1. The van der Waals surface area contributed by atoms with Gasteiger partial charge in [-0.3, -0.25) is 0 Å². The molecule has 2 rings (SSSR count). The molecule has 0 aliphatic heterocycles. The Morgan fingerprint density at radius 1 is 0.905 bits per heavy atom. The topological polar surface area (TPSA) is 75.6 Å². The highest BCUT2D eigenvalue weighted by atomic mass is 19.4. The molecule has 2 N–H and O–H groups in total. The smallest absolute Gasteiger partial charge is 0.354 e. The summed E-state index contributed by atoms with van der Waals surface area (Å²) >= 11 is 0. The Balaban J connectivity index is 1.74. The van der Waals surface area contributed by atoms with E-state index in [1.54, 1.807) is 18.5 Å². The van der Waals surface area contributed by atoms with Gasteiger partial charge in [0.05, 0.1) is 0 Å². The van der Waals surface area contributed by atoms with E-state index < -0.39 is 11.9 Å². The molecule has 0 spiro atoms. The van der Waals surface area contributed by atoms with Crippen molar-refractivity contribution in [3.8, 4) is 0 Å². The van der Waals surface area contributed by atoms with Gasteiger partial charge < -0.3 is 10.6 Å². The Bertz CT molecular complexity index is 560. The van der Waals surface area contributed by atoms with Crippen molar-refractivity contribution >= 4 is 11.9 Å². The molecule has 2 aromatic rings. The standard InChI is InChI=1S/C12H13F3N6/c13-12(14,15)9-3-8-20-11(21-9)19-7-2-6-18-10-16-4-1-5-17-10/h1,3-5,8H,2,6-7H2,(H,16,17,18)(H,19,20,21). The zero-order valence-electron chi connectivity index (χ0n) is 10.9. The van der Waals surface area contributed by atoms with Crippen LogP contribution in [0.3, 0.4) is 0 Å². The van der Waals surface area contributed by atoms with Crippen LogP contribution in [0, 0.1) is 0 Å². The fourth-order valence-electron chi connectivity index (χ4n) is 1.48. The third-order valence-corrected chi connectivity index (χ3v) is 2.43. The maximum Gasteiger partial charge on any atom is 0.433 e. The van der Waals surface area contributed by atoms with Gasteiger partial charge in [0, 0.05) is 31.7 Å². The first-order chi connectivity index (χ1) is 10.1. The molecule has 0 saturated carbocycles. The highest BCUT2D eigenvalue weighted by molar-refractivity contribution is 5.26. The number of anilines is 2. The van der Waals surface area contributed by atoms with Gasteiger partial charge in [-0.1, -0.05) is 0 Å². The Kier molecular flexibility index (Phi) is 4.85. The number of alkyl halides is 3. The quantitative estimate of drug-likeness (QED) is 0.796. The highest BCUT2D eigenvalue weighted by Crippen LogP contribution is 2.27. The van der Waals surface area contributed by atoms with Crippen LogP contribution in [0.25, 0.3) is 0 Å². The van der Waals surface area contributed by atoms with E-state index in [0.29, 0.717) is 25.5 Å². The zero-order valence-corrected chi connectivity index (χ0v) is 10.9. The lowest BCUT2D eigenvalue weighted by atomic mass is 10.4. The number of hydrogen-bond acceptors (Lipinski definition) is 6. The van der Waals surface area contributed by atoms with Gasteiger partial charge in [-0.15, -0.1) is 0 Å². The molecular formula is C12H13F3N6. The molecule has 0 aromatic carbocycles. The third kappa shape index (κ3) is 4.86. The largest absolute Gasteiger partial charge is 0.433 e. The number of rotatable bonds is 6. The molecule has 0 saturated heterocycles. The van der Waals surface area contributed by atoms with Crippen LogP contribution in [0.5, 0.6) is 0 Å². The average Bonchev–Trinajstić information content (AvgIpc) is 2.47. The van der Waals surface area contributed by atoms with Crippen molar-refractivity contribution in [3.63, 3.8) is 0 Å². The van der Waals surface area contributed by atoms with Crippen molar-refractivity contribution in [2.24, 2.45) is 0 Å². The van der Waals surface area contributed by atoms with Crippen LogP contribution in [-0.4, -0.2) is 33.0 Å². The van der Waals surface area contributed by atoms with Crippen molar-refractivity contribution in [1.29, 1.82) is 0 Å². The molecule has 21 heavy (non-hydrogen) atoms. The monoisotopic (exact) mass is 298 g/mol. The summed E-state index contributed by atoms with van der Waals surface area (Å²) in [6.07, 6.45) is 0.492. The van der Waals surface area contributed by atoms with Crippen molar-refractivity contribution in [3.05, 3.63) is 36.4 Å². The maximum atomic E-state index is 12.5. The molecule has 6 nitrogen and oxygen atoms in total. The minimum atomic E-state index is -4.47. The molecule has 112 valence electrons. The van der Waals surface area contributed by atoms with Gasteiger partial charge in [0.2, 0.25) is 11.9 Å². The van der Waals surface area contributed by atoms with E-state index in [1.807, 2.05) is 0 Å². The van der Waals surface area contributed by atoms with Crippen molar-refractivity contribution in [1.82, 2.24) is 19.9 Å². The second-order valence-electron chi connectivity index (χ2n) is 4.04. The number of nitrogens with one attached hydrogen (secondary N) is 2. The Morgan fingerprint density at radius 2 is 1.52 bits per heavy atom. The summed E-state index contributed by atoms with van der Waals surface area (Å²) in [5, 5.41) is 5.72. The molecule has 0 atom stereocenters. The van der Waals surface area contributed by atoms with Crippen LogP contribution in [0.2, 0.25) is 0 Å². The number of halogens is 3. The minimum Gasteiger partial charge on any atom is -0.354 e. The molecule has 0 aliphatic carbocycles. The van der Waals surface area contributed by atoms with E-state index in [0.717, 1.165) is 12.3 Å². The molecule has 0 radical (unpaired) electrons. The van der Waals surface area contributed by atoms with Crippen LogP contribution in [0.15, 0.2) is 30.7 Å². The fraction of sp³-hybridized carbons (Fsp3) is 0.333. The maximum absolute atomic E-state index is 12.5. The lowest BCUT2D eigenvalue weighted by molar-refractivity contribution is -0.141. The molecule has 2 heterocycles. The van der Waals surface area contributed by atoms with Crippen molar-refractivity contribution in [2.75, 3.05) is 23.7 Å². The van der Waals surface area contributed by atoms with E-state index in [-0.39, 0.29) is 5.95 Å². The van der Waals surface area contributed by atoms with E-state index in [4.69, 9.17) is 0 Å². The molecule has 0 bridgehead atoms. The van der Waals surface area contributed by atoms with Gasteiger partial charge in [0.25, 0.3) is 0 Å².